The van der Waals surface area contributed by atoms with E-state index in [0.717, 1.165) is 31.9 Å². The van der Waals surface area contributed by atoms with E-state index in [9.17, 15) is 13.2 Å². The zero-order valence-electron chi connectivity index (χ0n) is 12.3. The number of hydrogen-bond donors (Lipinski definition) is 1. The first-order valence-corrected chi connectivity index (χ1v) is 8.50. The van der Waals surface area contributed by atoms with Crippen LogP contribution in [0.4, 0.5) is 0 Å². The van der Waals surface area contributed by atoms with Gasteiger partial charge in [-0.25, -0.2) is 0 Å². The van der Waals surface area contributed by atoms with Gasteiger partial charge in [-0.1, -0.05) is 26.7 Å². The zero-order chi connectivity index (χ0) is 14.9. The Hall–Kier alpha value is -1.04. The van der Waals surface area contributed by atoms with Gasteiger partial charge in [0.05, 0.1) is 11.8 Å². The minimum Gasteiger partial charge on any atom is -0.387 e. The molecular formula is C13H25NO4S. The summed E-state index contributed by atoms with van der Waals surface area (Å²) in [5.41, 5.74) is 0.420. The van der Waals surface area contributed by atoms with Crippen LogP contribution in [0.3, 0.4) is 0 Å². The van der Waals surface area contributed by atoms with Gasteiger partial charge < -0.3 is 9.50 Å². The molecule has 0 aromatic carbocycles. The Kier molecular flexibility index (Phi) is 8.47. The second-order valence-corrected chi connectivity index (χ2v) is 6.11. The van der Waals surface area contributed by atoms with Crippen molar-refractivity contribution in [3.05, 3.63) is 11.3 Å². The highest BCUT2D eigenvalue weighted by atomic mass is 32.2. The first kappa shape index (κ1) is 18.0. The summed E-state index contributed by atoms with van der Waals surface area (Å²) in [5, 5.41) is 2.79. The molecule has 112 valence electrons. The van der Waals surface area contributed by atoms with E-state index in [2.05, 4.69) is 5.32 Å². The van der Waals surface area contributed by atoms with E-state index in [1.165, 1.54) is 6.92 Å². The van der Waals surface area contributed by atoms with Crippen molar-refractivity contribution >= 4 is 16.0 Å². The van der Waals surface area contributed by atoms with E-state index in [0.29, 0.717) is 18.5 Å². The van der Waals surface area contributed by atoms with Crippen molar-refractivity contribution in [1.29, 1.82) is 0 Å². The van der Waals surface area contributed by atoms with Gasteiger partial charge in [0.2, 0.25) is 0 Å². The highest BCUT2D eigenvalue weighted by molar-refractivity contribution is 7.86. The molecule has 1 N–H and O–H groups in total. The van der Waals surface area contributed by atoms with Crippen LogP contribution in [0.25, 0.3) is 0 Å². The molecule has 0 radical (unpaired) electrons. The van der Waals surface area contributed by atoms with E-state index in [-0.39, 0.29) is 11.7 Å². The van der Waals surface area contributed by atoms with Crippen LogP contribution in [-0.4, -0.2) is 27.1 Å². The average Bonchev–Trinajstić information content (AvgIpc) is 2.27. The first-order chi connectivity index (χ1) is 8.81. The van der Waals surface area contributed by atoms with Crippen molar-refractivity contribution in [1.82, 2.24) is 5.32 Å². The topological polar surface area (TPSA) is 72.5 Å². The van der Waals surface area contributed by atoms with Crippen molar-refractivity contribution in [2.24, 2.45) is 0 Å². The molecule has 0 saturated heterocycles. The molecule has 0 atom stereocenters. The fourth-order valence-corrected chi connectivity index (χ4v) is 2.12. The summed E-state index contributed by atoms with van der Waals surface area (Å²) < 4.78 is 27.0. The van der Waals surface area contributed by atoms with E-state index in [1.807, 2.05) is 13.8 Å². The molecule has 0 aromatic rings. The van der Waals surface area contributed by atoms with Gasteiger partial charge in [-0.15, -0.1) is 0 Å². The van der Waals surface area contributed by atoms with Gasteiger partial charge in [-0.05, 0) is 26.2 Å². The normalized spacial score (nSPS) is 12.8. The lowest BCUT2D eigenvalue weighted by Gasteiger charge is -2.12. The number of allylic oxidation sites excluding steroid dienone is 1. The molecule has 0 spiro atoms. The third-order valence-electron chi connectivity index (χ3n) is 2.57. The van der Waals surface area contributed by atoms with Crippen LogP contribution in [-0.2, 0) is 19.1 Å². The lowest BCUT2D eigenvalue weighted by atomic mass is 10.1. The molecule has 5 nitrogen and oxygen atoms in total. The second kappa shape index (κ2) is 8.96. The quantitative estimate of drug-likeness (QED) is 0.306. The smallest absolute Gasteiger partial charge is 0.305 e. The first-order valence-electron chi connectivity index (χ1n) is 6.69. The number of carbonyl (C=O) groups is 1. The van der Waals surface area contributed by atoms with E-state index >= 15 is 0 Å². The van der Waals surface area contributed by atoms with Crippen LogP contribution >= 0.6 is 0 Å². The minimum atomic E-state index is -3.59. The largest absolute Gasteiger partial charge is 0.387 e. The summed E-state index contributed by atoms with van der Waals surface area (Å²) >= 11 is 0. The summed E-state index contributed by atoms with van der Waals surface area (Å²) in [6.45, 7) is 6.17. The maximum atomic E-state index is 12.0. The van der Waals surface area contributed by atoms with Gasteiger partial charge in [-0.2, -0.15) is 8.42 Å². The van der Waals surface area contributed by atoms with E-state index in [1.54, 1.807) is 0 Å². The highest BCUT2D eigenvalue weighted by Crippen LogP contribution is 2.15. The summed E-state index contributed by atoms with van der Waals surface area (Å²) in [5.74, 6) is -0.0620. The van der Waals surface area contributed by atoms with Crippen LogP contribution in [0.5, 0.6) is 0 Å². The second-order valence-electron chi connectivity index (χ2n) is 4.54. The van der Waals surface area contributed by atoms with Gasteiger partial charge in [-0.3, -0.25) is 4.79 Å². The number of carbonyl (C=O) groups excluding carboxylic acids is 1. The summed E-state index contributed by atoms with van der Waals surface area (Å²) in [6.07, 6.45) is 5.14. The van der Waals surface area contributed by atoms with E-state index < -0.39 is 10.1 Å². The Labute approximate surface area is 116 Å². The van der Waals surface area contributed by atoms with Crippen LogP contribution in [0.15, 0.2) is 11.3 Å². The molecule has 1 amide bonds. The fraction of sp³-hybridized carbons (Fsp3) is 0.769. The van der Waals surface area contributed by atoms with Gasteiger partial charge >= 0.3 is 10.1 Å². The maximum Gasteiger partial charge on any atom is 0.305 e. The fourth-order valence-electron chi connectivity index (χ4n) is 1.57. The van der Waals surface area contributed by atoms with Crippen molar-refractivity contribution < 1.29 is 17.4 Å². The lowest BCUT2D eigenvalue weighted by molar-refractivity contribution is -0.117. The molecule has 0 aliphatic rings. The molecule has 0 bridgehead atoms. The van der Waals surface area contributed by atoms with Crippen molar-refractivity contribution in [3.8, 4) is 0 Å². The van der Waals surface area contributed by atoms with Gasteiger partial charge in [0.15, 0.2) is 0 Å². The van der Waals surface area contributed by atoms with Gasteiger partial charge in [0, 0.05) is 6.54 Å². The minimum absolute atomic E-state index is 0.171. The van der Waals surface area contributed by atoms with Crippen LogP contribution in [0.2, 0.25) is 0 Å². The average molecular weight is 291 g/mol. The standard InChI is InChI=1S/C13H25NO4S/c1-5-7-9-12(11(3)18-19(4,16)17)13(15)14-10-8-6-2/h5-10H2,1-4H3,(H,14,15)/b12-11+. The van der Waals surface area contributed by atoms with Crippen LogP contribution < -0.4 is 5.32 Å². The molecular weight excluding hydrogens is 266 g/mol. The monoisotopic (exact) mass is 291 g/mol. The summed E-state index contributed by atoms with van der Waals surface area (Å²) in [7, 11) is -3.59. The molecule has 0 unspecified atom stereocenters. The highest BCUT2D eigenvalue weighted by Gasteiger charge is 2.16. The maximum absolute atomic E-state index is 12.0. The lowest BCUT2D eigenvalue weighted by Crippen LogP contribution is -2.27. The molecule has 0 fully saturated rings. The molecule has 0 rings (SSSR count). The molecule has 0 aromatic heterocycles. The third kappa shape index (κ3) is 8.64. The van der Waals surface area contributed by atoms with Crippen molar-refractivity contribution in [2.75, 3.05) is 12.8 Å². The van der Waals surface area contributed by atoms with E-state index in [4.69, 9.17) is 4.18 Å². The number of rotatable bonds is 9. The Balaban J connectivity index is 4.86. The van der Waals surface area contributed by atoms with Gasteiger partial charge in [0.1, 0.15) is 5.76 Å². The predicted octanol–water partition coefficient (Wildman–Crippen LogP) is 2.34. The molecule has 0 saturated carbocycles. The Bertz CT molecular complexity index is 412. The zero-order valence-corrected chi connectivity index (χ0v) is 13.1. The number of hydrogen-bond acceptors (Lipinski definition) is 4. The predicted molar refractivity (Wildman–Crippen MR) is 76.1 cm³/mol. The molecule has 19 heavy (non-hydrogen) atoms. The summed E-state index contributed by atoms with van der Waals surface area (Å²) in [4.78, 5) is 12.0. The van der Waals surface area contributed by atoms with Crippen molar-refractivity contribution in [3.63, 3.8) is 0 Å². The molecule has 0 aliphatic heterocycles. The SMILES string of the molecule is CCCCNC(=O)/C(CCCC)=C(\C)OS(C)(=O)=O. The number of unbranched alkanes of at least 4 members (excludes halogenated alkanes) is 2. The van der Waals surface area contributed by atoms with Crippen LogP contribution in [0, 0.1) is 0 Å². The van der Waals surface area contributed by atoms with Gasteiger partial charge in [0.25, 0.3) is 5.91 Å². The molecule has 6 heteroatoms. The Morgan fingerprint density at radius 2 is 1.74 bits per heavy atom. The Morgan fingerprint density at radius 1 is 1.16 bits per heavy atom. The number of nitrogens with one attached hydrogen (secondary N) is 1. The third-order valence-corrected chi connectivity index (χ3v) is 3.12. The Morgan fingerprint density at radius 3 is 2.21 bits per heavy atom. The van der Waals surface area contributed by atoms with Crippen molar-refractivity contribution in [2.45, 2.75) is 52.9 Å². The molecule has 0 aliphatic carbocycles. The number of amides is 1. The summed E-state index contributed by atoms with van der Waals surface area (Å²) in [6, 6.07) is 0. The molecule has 0 heterocycles. The van der Waals surface area contributed by atoms with Crippen LogP contribution in [0.1, 0.15) is 52.9 Å².